The van der Waals surface area contributed by atoms with Crippen LogP contribution in [-0.4, -0.2) is 23.7 Å². The van der Waals surface area contributed by atoms with Crippen LogP contribution in [0.2, 0.25) is 0 Å². The number of amides is 1. The summed E-state index contributed by atoms with van der Waals surface area (Å²) in [5.74, 6) is 2.00. The summed E-state index contributed by atoms with van der Waals surface area (Å²) in [6, 6.07) is 3.78. The predicted molar refractivity (Wildman–Crippen MR) is 70.8 cm³/mol. The first-order valence-corrected chi connectivity index (χ1v) is 6.89. The first-order chi connectivity index (χ1) is 8.08. The Bertz CT molecular complexity index is 340. The Labute approximate surface area is 106 Å². The number of thioether (sulfide) groups is 1. The van der Waals surface area contributed by atoms with E-state index >= 15 is 0 Å². The maximum absolute atomic E-state index is 11.4. The van der Waals surface area contributed by atoms with Gasteiger partial charge in [-0.1, -0.05) is 6.92 Å². The molecule has 0 aliphatic heterocycles. The van der Waals surface area contributed by atoms with Gasteiger partial charge in [0.15, 0.2) is 0 Å². The Morgan fingerprint density at radius 2 is 2.41 bits per heavy atom. The number of carbonyl (C=O) groups is 1. The van der Waals surface area contributed by atoms with Crippen LogP contribution in [-0.2, 0) is 10.5 Å². The lowest BCUT2D eigenvalue weighted by molar-refractivity contribution is -0.122. The maximum Gasteiger partial charge on any atom is 0.238 e. The zero-order valence-corrected chi connectivity index (χ0v) is 11.2. The van der Waals surface area contributed by atoms with Crippen LogP contribution in [0, 0.1) is 0 Å². The third kappa shape index (κ3) is 4.44. The van der Waals surface area contributed by atoms with Crippen molar-refractivity contribution in [2.24, 2.45) is 5.73 Å². The van der Waals surface area contributed by atoms with Gasteiger partial charge in [-0.05, 0) is 32.0 Å². The summed E-state index contributed by atoms with van der Waals surface area (Å²) in [6.45, 7) is 4.70. The molecular weight excluding hydrogens is 236 g/mol. The van der Waals surface area contributed by atoms with Crippen LogP contribution in [0.25, 0.3) is 0 Å². The van der Waals surface area contributed by atoms with Crippen molar-refractivity contribution < 1.29 is 9.21 Å². The summed E-state index contributed by atoms with van der Waals surface area (Å²) in [4.78, 5) is 11.4. The number of hydrogen-bond acceptors (Lipinski definition) is 4. The molecule has 96 valence electrons. The average Bonchev–Trinajstić information content (AvgIpc) is 2.79. The Morgan fingerprint density at radius 3 is 2.94 bits per heavy atom. The molecule has 0 radical (unpaired) electrons. The highest BCUT2D eigenvalue weighted by Crippen LogP contribution is 2.18. The second kappa shape index (κ2) is 6.71. The van der Waals surface area contributed by atoms with Crippen LogP contribution < -0.4 is 11.1 Å². The van der Waals surface area contributed by atoms with Gasteiger partial charge in [-0.3, -0.25) is 4.79 Å². The first-order valence-electron chi connectivity index (χ1n) is 5.73. The zero-order chi connectivity index (χ0) is 12.7. The van der Waals surface area contributed by atoms with Crippen LogP contribution >= 0.6 is 11.8 Å². The van der Waals surface area contributed by atoms with E-state index in [9.17, 15) is 4.79 Å². The molecule has 1 amide bonds. The van der Waals surface area contributed by atoms with Crippen molar-refractivity contribution >= 4 is 17.7 Å². The minimum absolute atomic E-state index is 0.308. The van der Waals surface area contributed by atoms with Gasteiger partial charge in [0.05, 0.1) is 12.0 Å². The normalized spacial score (nSPS) is 14.5. The minimum Gasteiger partial charge on any atom is -0.468 e. The van der Waals surface area contributed by atoms with Crippen molar-refractivity contribution in [2.75, 3.05) is 12.3 Å². The standard InChI is InChI=1S/C12H20N2O2S/c1-3-6-14-12(2,11(13)15)9-17-8-10-5-4-7-16-10/h4-5,7,14H,3,6,8-9H2,1-2H3,(H2,13,15). The Balaban J connectivity index is 2.41. The second-order valence-corrected chi connectivity index (χ2v) is 5.18. The van der Waals surface area contributed by atoms with Gasteiger partial charge in [0.1, 0.15) is 11.3 Å². The molecule has 1 unspecified atom stereocenters. The van der Waals surface area contributed by atoms with E-state index in [1.807, 2.05) is 19.1 Å². The number of furan rings is 1. The fourth-order valence-corrected chi connectivity index (χ4v) is 2.48. The SMILES string of the molecule is CCCNC(C)(CSCc1ccco1)C(N)=O. The molecule has 3 N–H and O–H groups in total. The van der Waals surface area contributed by atoms with Crippen LogP contribution in [0.1, 0.15) is 26.0 Å². The number of nitrogens with two attached hydrogens (primary N) is 1. The summed E-state index contributed by atoms with van der Waals surface area (Å²) in [7, 11) is 0. The van der Waals surface area contributed by atoms with Crippen molar-refractivity contribution in [3.05, 3.63) is 24.2 Å². The molecule has 4 nitrogen and oxygen atoms in total. The predicted octanol–water partition coefficient (Wildman–Crippen LogP) is 1.76. The molecule has 0 aliphatic rings. The molecule has 1 aromatic rings. The molecular formula is C12H20N2O2S. The van der Waals surface area contributed by atoms with E-state index in [1.165, 1.54) is 0 Å². The molecule has 1 aromatic heterocycles. The van der Waals surface area contributed by atoms with Crippen LogP contribution in [0.3, 0.4) is 0 Å². The minimum atomic E-state index is -0.646. The highest BCUT2D eigenvalue weighted by Gasteiger charge is 2.29. The van der Waals surface area contributed by atoms with Crippen molar-refractivity contribution in [1.82, 2.24) is 5.32 Å². The van der Waals surface area contributed by atoms with Crippen LogP contribution in [0.4, 0.5) is 0 Å². The van der Waals surface area contributed by atoms with E-state index in [4.69, 9.17) is 10.2 Å². The third-order valence-corrected chi connectivity index (χ3v) is 3.79. The molecule has 0 saturated carbocycles. The number of nitrogens with one attached hydrogen (secondary N) is 1. The first kappa shape index (κ1) is 14.1. The summed E-state index contributed by atoms with van der Waals surface area (Å²) in [5, 5.41) is 3.20. The Kier molecular flexibility index (Phi) is 5.58. The van der Waals surface area contributed by atoms with Gasteiger partial charge in [-0.25, -0.2) is 0 Å². The van der Waals surface area contributed by atoms with Gasteiger partial charge in [-0.2, -0.15) is 11.8 Å². The molecule has 0 fully saturated rings. The topological polar surface area (TPSA) is 68.3 Å². The van der Waals surface area contributed by atoms with Crippen LogP contribution in [0.15, 0.2) is 22.8 Å². The van der Waals surface area contributed by atoms with Gasteiger partial charge in [0, 0.05) is 5.75 Å². The lowest BCUT2D eigenvalue weighted by Crippen LogP contribution is -2.55. The molecule has 17 heavy (non-hydrogen) atoms. The van der Waals surface area contributed by atoms with E-state index < -0.39 is 5.54 Å². The third-order valence-electron chi connectivity index (χ3n) is 2.52. The number of rotatable bonds is 8. The largest absolute Gasteiger partial charge is 0.468 e. The molecule has 0 saturated heterocycles. The molecule has 1 atom stereocenters. The summed E-state index contributed by atoms with van der Waals surface area (Å²) < 4.78 is 5.23. The van der Waals surface area contributed by atoms with E-state index in [1.54, 1.807) is 18.0 Å². The maximum atomic E-state index is 11.4. The van der Waals surface area contributed by atoms with E-state index in [0.717, 1.165) is 24.5 Å². The van der Waals surface area contributed by atoms with Gasteiger partial charge in [0.25, 0.3) is 0 Å². The van der Waals surface area contributed by atoms with Crippen molar-refractivity contribution in [3.63, 3.8) is 0 Å². The fourth-order valence-electron chi connectivity index (χ4n) is 1.36. The van der Waals surface area contributed by atoms with Gasteiger partial charge < -0.3 is 15.5 Å². The summed E-state index contributed by atoms with van der Waals surface area (Å²) in [5.41, 5.74) is 4.79. The average molecular weight is 256 g/mol. The molecule has 1 heterocycles. The van der Waals surface area contributed by atoms with E-state index in [2.05, 4.69) is 12.2 Å². The van der Waals surface area contributed by atoms with Crippen molar-refractivity contribution in [1.29, 1.82) is 0 Å². The highest BCUT2D eigenvalue weighted by molar-refractivity contribution is 7.98. The highest BCUT2D eigenvalue weighted by atomic mass is 32.2. The Hall–Kier alpha value is -0.940. The molecule has 0 aromatic carbocycles. The summed E-state index contributed by atoms with van der Waals surface area (Å²) in [6.07, 6.45) is 2.63. The molecule has 5 heteroatoms. The second-order valence-electron chi connectivity index (χ2n) is 4.20. The molecule has 0 aliphatic carbocycles. The van der Waals surface area contributed by atoms with E-state index in [0.29, 0.717) is 5.75 Å². The van der Waals surface area contributed by atoms with E-state index in [-0.39, 0.29) is 5.91 Å². The number of hydrogen-bond donors (Lipinski definition) is 2. The smallest absolute Gasteiger partial charge is 0.238 e. The molecule has 1 rings (SSSR count). The van der Waals surface area contributed by atoms with Crippen molar-refractivity contribution in [2.45, 2.75) is 31.6 Å². The number of carbonyl (C=O) groups excluding carboxylic acids is 1. The zero-order valence-electron chi connectivity index (χ0n) is 10.4. The monoisotopic (exact) mass is 256 g/mol. The lowest BCUT2D eigenvalue weighted by Gasteiger charge is -2.26. The van der Waals surface area contributed by atoms with Crippen LogP contribution in [0.5, 0.6) is 0 Å². The number of primary amides is 1. The fraction of sp³-hybridized carbons (Fsp3) is 0.583. The molecule has 0 bridgehead atoms. The van der Waals surface area contributed by atoms with Gasteiger partial charge in [0.2, 0.25) is 5.91 Å². The van der Waals surface area contributed by atoms with Gasteiger partial charge in [-0.15, -0.1) is 0 Å². The van der Waals surface area contributed by atoms with Gasteiger partial charge >= 0.3 is 0 Å². The Morgan fingerprint density at radius 1 is 1.65 bits per heavy atom. The van der Waals surface area contributed by atoms with Crippen molar-refractivity contribution in [3.8, 4) is 0 Å². The quantitative estimate of drug-likeness (QED) is 0.743. The lowest BCUT2D eigenvalue weighted by atomic mass is 10.1. The summed E-state index contributed by atoms with van der Waals surface area (Å²) >= 11 is 1.64. The molecule has 0 spiro atoms.